The Kier molecular flexibility index (Phi) is 6.02. The van der Waals surface area contributed by atoms with Crippen LogP contribution in [0.15, 0.2) is 24.3 Å². The van der Waals surface area contributed by atoms with Crippen LogP contribution >= 0.6 is 0 Å². The standard InChI is InChI=1S/C16H24O4/c1-5-11-16(18,15(17)20-6-2)12(3)13-7-9-14(19-4)10-8-13/h7-10,12,18H,5-6,11H2,1-4H3. The third kappa shape index (κ3) is 3.51. The highest BCUT2D eigenvalue weighted by Gasteiger charge is 2.42. The molecule has 4 nitrogen and oxygen atoms in total. The summed E-state index contributed by atoms with van der Waals surface area (Å²) in [4.78, 5) is 12.1. The van der Waals surface area contributed by atoms with Gasteiger partial charge in [0, 0.05) is 5.92 Å². The van der Waals surface area contributed by atoms with Crippen LogP contribution in [-0.4, -0.2) is 30.4 Å². The molecule has 2 unspecified atom stereocenters. The zero-order valence-corrected chi connectivity index (χ0v) is 12.7. The first-order valence-electron chi connectivity index (χ1n) is 7.03. The first-order chi connectivity index (χ1) is 9.49. The lowest BCUT2D eigenvalue weighted by Gasteiger charge is -2.32. The summed E-state index contributed by atoms with van der Waals surface area (Å²) in [6.07, 6.45) is 1.08. The van der Waals surface area contributed by atoms with Crippen LogP contribution in [0.3, 0.4) is 0 Å². The molecular formula is C16H24O4. The van der Waals surface area contributed by atoms with E-state index in [1.807, 2.05) is 38.1 Å². The molecule has 0 amide bonds. The molecule has 0 heterocycles. The molecular weight excluding hydrogens is 256 g/mol. The Morgan fingerprint density at radius 3 is 2.35 bits per heavy atom. The van der Waals surface area contributed by atoms with E-state index in [4.69, 9.17) is 9.47 Å². The van der Waals surface area contributed by atoms with Crippen molar-refractivity contribution in [2.45, 2.75) is 45.1 Å². The lowest BCUT2D eigenvalue weighted by Crippen LogP contribution is -2.44. The summed E-state index contributed by atoms with van der Waals surface area (Å²) in [5.41, 5.74) is -0.603. The summed E-state index contributed by atoms with van der Waals surface area (Å²) in [5.74, 6) is -0.145. The lowest BCUT2D eigenvalue weighted by atomic mass is 9.80. The van der Waals surface area contributed by atoms with E-state index in [1.165, 1.54) is 0 Å². The van der Waals surface area contributed by atoms with Crippen LogP contribution in [0.2, 0.25) is 0 Å². The quantitative estimate of drug-likeness (QED) is 0.780. The highest BCUT2D eigenvalue weighted by Crippen LogP contribution is 2.33. The van der Waals surface area contributed by atoms with Gasteiger partial charge in [-0.2, -0.15) is 0 Å². The number of hydrogen-bond donors (Lipinski definition) is 1. The van der Waals surface area contributed by atoms with E-state index >= 15 is 0 Å². The van der Waals surface area contributed by atoms with Crippen molar-refractivity contribution in [1.82, 2.24) is 0 Å². The maximum Gasteiger partial charge on any atom is 0.338 e. The molecule has 2 atom stereocenters. The summed E-state index contributed by atoms with van der Waals surface area (Å²) in [7, 11) is 1.60. The van der Waals surface area contributed by atoms with E-state index in [2.05, 4.69) is 0 Å². The summed E-state index contributed by atoms with van der Waals surface area (Å²) in [5, 5.41) is 10.8. The monoisotopic (exact) mass is 280 g/mol. The van der Waals surface area contributed by atoms with Crippen LogP contribution in [-0.2, 0) is 9.53 Å². The molecule has 0 spiro atoms. The van der Waals surface area contributed by atoms with Crippen molar-refractivity contribution in [3.05, 3.63) is 29.8 Å². The number of rotatable bonds is 7. The largest absolute Gasteiger partial charge is 0.497 e. The Labute approximate surface area is 120 Å². The lowest BCUT2D eigenvalue weighted by molar-refractivity contribution is -0.168. The van der Waals surface area contributed by atoms with Gasteiger partial charge in [-0.05, 0) is 31.0 Å². The molecule has 0 aromatic heterocycles. The van der Waals surface area contributed by atoms with Gasteiger partial charge in [0.25, 0.3) is 0 Å². The molecule has 0 saturated carbocycles. The van der Waals surface area contributed by atoms with Crippen molar-refractivity contribution in [3.63, 3.8) is 0 Å². The van der Waals surface area contributed by atoms with Gasteiger partial charge in [-0.1, -0.05) is 32.4 Å². The number of benzene rings is 1. The number of methoxy groups -OCH3 is 1. The van der Waals surface area contributed by atoms with Crippen molar-refractivity contribution in [1.29, 1.82) is 0 Å². The smallest absolute Gasteiger partial charge is 0.338 e. The van der Waals surface area contributed by atoms with Gasteiger partial charge in [-0.15, -0.1) is 0 Å². The number of carbonyl (C=O) groups is 1. The fourth-order valence-electron chi connectivity index (χ4n) is 2.30. The second kappa shape index (κ2) is 7.29. The molecule has 0 fully saturated rings. The Bertz CT molecular complexity index is 427. The molecule has 20 heavy (non-hydrogen) atoms. The van der Waals surface area contributed by atoms with E-state index in [1.54, 1.807) is 14.0 Å². The predicted molar refractivity (Wildman–Crippen MR) is 77.9 cm³/mol. The van der Waals surface area contributed by atoms with Crippen LogP contribution in [0.4, 0.5) is 0 Å². The number of esters is 1. The first kappa shape index (κ1) is 16.5. The second-order valence-electron chi connectivity index (χ2n) is 4.89. The second-order valence-corrected chi connectivity index (χ2v) is 4.89. The third-order valence-corrected chi connectivity index (χ3v) is 3.59. The summed E-state index contributed by atoms with van der Waals surface area (Å²) in [6, 6.07) is 7.37. The summed E-state index contributed by atoms with van der Waals surface area (Å²) >= 11 is 0. The average Bonchev–Trinajstić information content (AvgIpc) is 2.47. The molecule has 1 aromatic carbocycles. The fourth-order valence-corrected chi connectivity index (χ4v) is 2.30. The van der Waals surface area contributed by atoms with Crippen LogP contribution in [0, 0.1) is 0 Å². The molecule has 4 heteroatoms. The maximum atomic E-state index is 12.1. The minimum atomic E-state index is -1.49. The summed E-state index contributed by atoms with van der Waals surface area (Å²) < 4.78 is 10.1. The molecule has 1 aromatic rings. The highest BCUT2D eigenvalue weighted by atomic mass is 16.5. The molecule has 0 aliphatic carbocycles. The van der Waals surface area contributed by atoms with Crippen molar-refractivity contribution in [2.24, 2.45) is 0 Å². The van der Waals surface area contributed by atoms with E-state index in [-0.39, 0.29) is 12.5 Å². The molecule has 0 saturated heterocycles. The Morgan fingerprint density at radius 1 is 1.30 bits per heavy atom. The minimum Gasteiger partial charge on any atom is -0.497 e. The molecule has 1 rings (SSSR count). The first-order valence-corrected chi connectivity index (χ1v) is 7.03. The van der Waals surface area contributed by atoms with Gasteiger partial charge in [-0.25, -0.2) is 4.79 Å². The van der Waals surface area contributed by atoms with Gasteiger partial charge < -0.3 is 14.6 Å². The van der Waals surface area contributed by atoms with Crippen molar-refractivity contribution < 1.29 is 19.4 Å². The van der Waals surface area contributed by atoms with Crippen LogP contribution in [0.5, 0.6) is 5.75 Å². The predicted octanol–water partition coefficient (Wildman–Crippen LogP) is 2.89. The molecule has 0 bridgehead atoms. The Hall–Kier alpha value is -1.55. The van der Waals surface area contributed by atoms with Gasteiger partial charge in [0.1, 0.15) is 5.75 Å². The van der Waals surface area contributed by atoms with E-state index in [0.717, 1.165) is 11.3 Å². The summed E-state index contributed by atoms with van der Waals surface area (Å²) in [6.45, 7) is 5.78. The molecule has 0 radical (unpaired) electrons. The number of aliphatic hydroxyl groups is 1. The van der Waals surface area contributed by atoms with Gasteiger partial charge in [0.05, 0.1) is 13.7 Å². The van der Waals surface area contributed by atoms with Crippen LogP contribution < -0.4 is 4.74 Å². The SMILES string of the molecule is CCCC(O)(C(=O)OCC)C(C)c1ccc(OC)cc1. The molecule has 1 N–H and O–H groups in total. The van der Waals surface area contributed by atoms with Crippen LogP contribution in [0.25, 0.3) is 0 Å². The number of carbonyl (C=O) groups excluding carboxylic acids is 1. The average molecular weight is 280 g/mol. The third-order valence-electron chi connectivity index (χ3n) is 3.59. The van der Waals surface area contributed by atoms with Gasteiger partial charge >= 0.3 is 5.97 Å². The van der Waals surface area contributed by atoms with E-state index < -0.39 is 11.6 Å². The fraction of sp³-hybridized carbons (Fsp3) is 0.562. The highest BCUT2D eigenvalue weighted by molar-refractivity contribution is 5.80. The van der Waals surface area contributed by atoms with E-state index in [0.29, 0.717) is 12.8 Å². The zero-order chi connectivity index (χ0) is 15.2. The normalized spacial score (nSPS) is 15.2. The maximum absolute atomic E-state index is 12.1. The van der Waals surface area contributed by atoms with Crippen molar-refractivity contribution in [3.8, 4) is 5.75 Å². The Morgan fingerprint density at radius 2 is 1.90 bits per heavy atom. The Balaban J connectivity index is 3.02. The van der Waals surface area contributed by atoms with Gasteiger partial charge in [0.15, 0.2) is 5.60 Å². The molecule has 0 aliphatic rings. The molecule has 0 aliphatic heterocycles. The number of hydrogen-bond acceptors (Lipinski definition) is 4. The zero-order valence-electron chi connectivity index (χ0n) is 12.7. The van der Waals surface area contributed by atoms with Gasteiger partial charge in [-0.3, -0.25) is 0 Å². The topological polar surface area (TPSA) is 55.8 Å². The molecule has 112 valence electrons. The van der Waals surface area contributed by atoms with Crippen molar-refractivity contribution >= 4 is 5.97 Å². The minimum absolute atomic E-state index is 0.264. The van der Waals surface area contributed by atoms with E-state index in [9.17, 15) is 9.90 Å². The van der Waals surface area contributed by atoms with Crippen molar-refractivity contribution in [2.75, 3.05) is 13.7 Å². The van der Waals surface area contributed by atoms with Gasteiger partial charge in [0.2, 0.25) is 0 Å². The van der Waals surface area contributed by atoms with Crippen LogP contribution in [0.1, 0.15) is 45.1 Å². The number of ether oxygens (including phenoxy) is 2.